The Kier molecular flexibility index (Phi) is 3.91. The van der Waals surface area contributed by atoms with Crippen molar-refractivity contribution in [3.63, 3.8) is 0 Å². The maximum Gasteiger partial charge on any atom is 0.272 e. The van der Waals surface area contributed by atoms with Gasteiger partial charge in [0.05, 0.1) is 24.8 Å². The molecule has 0 bridgehead atoms. The van der Waals surface area contributed by atoms with Crippen molar-refractivity contribution in [1.82, 2.24) is 35.5 Å². The fraction of sp³-hybridized carbons (Fsp3) is 0.118. The molecule has 8 heteroatoms. The molecule has 4 aromatic rings. The van der Waals surface area contributed by atoms with Crippen LogP contribution < -0.4 is 5.32 Å². The molecular weight excluding hydrogens is 318 g/mol. The van der Waals surface area contributed by atoms with Gasteiger partial charge >= 0.3 is 0 Å². The van der Waals surface area contributed by atoms with Gasteiger partial charge in [-0.05, 0) is 23.8 Å². The molecule has 3 aromatic heterocycles. The number of nitrogens with zero attached hydrogens (tertiary/aromatic N) is 5. The van der Waals surface area contributed by atoms with Crippen LogP contribution in [0.4, 0.5) is 0 Å². The number of H-pyrrole nitrogens is 1. The second-order valence-electron chi connectivity index (χ2n) is 5.56. The SMILES string of the molecule is O=C(NCc1cn(Cc2ccncc2)nn1)c1n[nH]c2ccccc12. The van der Waals surface area contributed by atoms with E-state index in [1.165, 1.54) is 0 Å². The normalized spacial score (nSPS) is 10.9. The monoisotopic (exact) mass is 333 g/mol. The molecular formula is C17H15N7O. The Morgan fingerprint density at radius 2 is 2.00 bits per heavy atom. The number of hydrogen-bond donors (Lipinski definition) is 2. The first kappa shape index (κ1) is 15.0. The van der Waals surface area contributed by atoms with Gasteiger partial charge in [-0.3, -0.25) is 14.9 Å². The van der Waals surface area contributed by atoms with E-state index in [0.717, 1.165) is 16.5 Å². The minimum absolute atomic E-state index is 0.249. The number of aromatic amines is 1. The average Bonchev–Trinajstić information content (AvgIpc) is 3.27. The molecule has 2 N–H and O–H groups in total. The van der Waals surface area contributed by atoms with Gasteiger partial charge in [0, 0.05) is 17.8 Å². The van der Waals surface area contributed by atoms with E-state index in [2.05, 4.69) is 30.8 Å². The number of benzene rings is 1. The van der Waals surface area contributed by atoms with Gasteiger partial charge in [0.2, 0.25) is 0 Å². The summed E-state index contributed by atoms with van der Waals surface area (Å²) in [5, 5.41) is 18.7. The van der Waals surface area contributed by atoms with Crippen LogP contribution in [0, 0.1) is 0 Å². The first-order valence-corrected chi connectivity index (χ1v) is 7.79. The molecule has 1 aromatic carbocycles. The molecule has 0 radical (unpaired) electrons. The third-order valence-corrected chi connectivity index (χ3v) is 3.80. The summed E-state index contributed by atoms with van der Waals surface area (Å²) in [6, 6.07) is 11.4. The van der Waals surface area contributed by atoms with Crippen molar-refractivity contribution in [3.8, 4) is 0 Å². The van der Waals surface area contributed by atoms with Crippen molar-refractivity contribution in [1.29, 1.82) is 0 Å². The van der Waals surface area contributed by atoms with E-state index >= 15 is 0 Å². The number of rotatable bonds is 5. The number of aromatic nitrogens is 6. The van der Waals surface area contributed by atoms with Crippen molar-refractivity contribution in [2.24, 2.45) is 0 Å². The van der Waals surface area contributed by atoms with E-state index in [0.29, 0.717) is 17.9 Å². The second kappa shape index (κ2) is 6.52. The number of carbonyl (C=O) groups excluding carboxylic acids is 1. The first-order valence-electron chi connectivity index (χ1n) is 7.79. The molecule has 1 amide bonds. The number of nitrogens with one attached hydrogen (secondary N) is 2. The van der Waals surface area contributed by atoms with Crippen LogP contribution >= 0.6 is 0 Å². The number of hydrogen-bond acceptors (Lipinski definition) is 5. The van der Waals surface area contributed by atoms with E-state index in [4.69, 9.17) is 0 Å². The fourth-order valence-electron chi connectivity index (χ4n) is 2.56. The number of amides is 1. The van der Waals surface area contributed by atoms with Crippen LogP contribution in [0.5, 0.6) is 0 Å². The molecule has 0 aliphatic heterocycles. The summed E-state index contributed by atoms with van der Waals surface area (Å²) in [6.07, 6.45) is 5.28. The van der Waals surface area contributed by atoms with E-state index in [1.54, 1.807) is 17.1 Å². The van der Waals surface area contributed by atoms with Crippen molar-refractivity contribution in [3.05, 3.63) is 71.9 Å². The number of para-hydroxylation sites is 1. The highest BCUT2D eigenvalue weighted by molar-refractivity contribution is 6.04. The Balaban J connectivity index is 1.41. The van der Waals surface area contributed by atoms with Crippen LogP contribution in [0.25, 0.3) is 10.9 Å². The molecule has 3 heterocycles. The van der Waals surface area contributed by atoms with Crippen LogP contribution in [-0.4, -0.2) is 36.1 Å². The standard InChI is InChI=1S/C17H15N7O/c25-17(16-14-3-1-2-4-15(14)21-22-16)19-9-13-11-24(23-20-13)10-12-5-7-18-8-6-12/h1-8,11H,9-10H2,(H,19,25)(H,21,22). The summed E-state index contributed by atoms with van der Waals surface area (Å²) in [6.45, 7) is 0.893. The zero-order valence-electron chi connectivity index (χ0n) is 13.3. The maximum absolute atomic E-state index is 12.3. The van der Waals surface area contributed by atoms with Gasteiger partial charge in [-0.25, -0.2) is 4.68 Å². The quantitative estimate of drug-likeness (QED) is 0.577. The molecule has 0 atom stereocenters. The van der Waals surface area contributed by atoms with Crippen molar-refractivity contribution in [2.45, 2.75) is 13.1 Å². The van der Waals surface area contributed by atoms with Gasteiger partial charge in [0.25, 0.3) is 5.91 Å². The largest absolute Gasteiger partial charge is 0.345 e. The van der Waals surface area contributed by atoms with Gasteiger partial charge in [0.15, 0.2) is 5.69 Å². The highest BCUT2D eigenvalue weighted by Gasteiger charge is 2.14. The van der Waals surface area contributed by atoms with Gasteiger partial charge < -0.3 is 5.32 Å². The minimum Gasteiger partial charge on any atom is -0.345 e. The molecule has 0 saturated heterocycles. The number of pyridine rings is 1. The van der Waals surface area contributed by atoms with E-state index in [1.807, 2.05) is 42.6 Å². The molecule has 0 aliphatic carbocycles. The molecule has 4 rings (SSSR count). The lowest BCUT2D eigenvalue weighted by Crippen LogP contribution is -2.23. The predicted molar refractivity (Wildman–Crippen MR) is 90.6 cm³/mol. The predicted octanol–water partition coefficient (Wildman–Crippen LogP) is 1.53. The van der Waals surface area contributed by atoms with Crippen molar-refractivity contribution in [2.75, 3.05) is 0 Å². The maximum atomic E-state index is 12.3. The summed E-state index contributed by atoms with van der Waals surface area (Å²) in [5.74, 6) is -0.249. The Labute approximate surface area is 142 Å². The molecule has 0 spiro atoms. The Hall–Kier alpha value is -3.55. The fourth-order valence-corrected chi connectivity index (χ4v) is 2.56. The molecule has 8 nitrogen and oxygen atoms in total. The summed E-state index contributed by atoms with van der Waals surface area (Å²) in [7, 11) is 0. The van der Waals surface area contributed by atoms with E-state index in [-0.39, 0.29) is 12.5 Å². The van der Waals surface area contributed by atoms with Gasteiger partial charge in [-0.2, -0.15) is 5.10 Å². The lowest BCUT2D eigenvalue weighted by molar-refractivity contribution is 0.0947. The van der Waals surface area contributed by atoms with Gasteiger partial charge in [-0.15, -0.1) is 5.10 Å². The molecule has 124 valence electrons. The van der Waals surface area contributed by atoms with Crippen LogP contribution in [0.3, 0.4) is 0 Å². The highest BCUT2D eigenvalue weighted by Crippen LogP contribution is 2.14. The third-order valence-electron chi connectivity index (χ3n) is 3.80. The molecule has 25 heavy (non-hydrogen) atoms. The third kappa shape index (κ3) is 3.23. The second-order valence-corrected chi connectivity index (χ2v) is 5.56. The lowest BCUT2D eigenvalue weighted by atomic mass is 10.2. The lowest BCUT2D eigenvalue weighted by Gasteiger charge is -2.01. The number of carbonyl (C=O) groups is 1. The smallest absolute Gasteiger partial charge is 0.272 e. The summed E-state index contributed by atoms with van der Waals surface area (Å²) in [4.78, 5) is 16.3. The van der Waals surface area contributed by atoms with Gasteiger partial charge in [0.1, 0.15) is 5.69 Å². The van der Waals surface area contributed by atoms with E-state index in [9.17, 15) is 4.79 Å². The van der Waals surface area contributed by atoms with Crippen molar-refractivity contribution < 1.29 is 4.79 Å². The number of fused-ring (bicyclic) bond motifs is 1. The van der Waals surface area contributed by atoms with Crippen LogP contribution in [0.1, 0.15) is 21.7 Å². The molecule has 0 fully saturated rings. The summed E-state index contributed by atoms with van der Waals surface area (Å²) < 4.78 is 1.72. The topological polar surface area (TPSA) is 101 Å². The Morgan fingerprint density at radius 1 is 1.16 bits per heavy atom. The molecule has 0 saturated carbocycles. The highest BCUT2D eigenvalue weighted by atomic mass is 16.1. The first-order chi connectivity index (χ1) is 12.3. The van der Waals surface area contributed by atoms with Gasteiger partial charge in [-0.1, -0.05) is 23.4 Å². The van der Waals surface area contributed by atoms with Crippen LogP contribution in [0.15, 0.2) is 55.0 Å². The summed E-state index contributed by atoms with van der Waals surface area (Å²) in [5.41, 5.74) is 2.97. The molecule has 0 unspecified atom stereocenters. The van der Waals surface area contributed by atoms with Crippen molar-refractivity contribution >= 4 is 16.8 Å². The minimum atomic E-state index is -0.249. The average molecular weight is 333 g/mol. The van der Waals surface area contributed by atoms with Crippen LogP contribution in [0.2, 0.25) is 0 Å². The Morgan fingerprint density at radius 3 is 2.88 bits per heavy atom. The van der Waals surface area contributed by atoms with E-state index < -0.39 is 0 Å². The summed E-state index contributed by atoms with van der Waals surface area (Å²) >= 11 is 0. The Bertz CT molecular complexity index is 1010. The van der Waals surface area contributed by atoms with Crippen LogP contribution in [-0.2, 0) is 13.1 Å². The zero-order valence-corrected chi connectivity index (χ0v) is 13.3. The zero-order chi connectivity index (χ0) is 17.1. The molecule has 0 aliphatic rings.